The van der Waals surface area contributed by atoms with Crippen molar-refractivity contribution in [1.29, 1.82) is 0 Å². The van der Waals surface area contributed by atoms with Crippen LogP contribution in [0.5, 0.6) is 11.5 Å². The van der Waals surface area contributed by atoms with Crippen LogP contribution in [0, 0.1) is 0 Å². The molecule has 0 bridgehead atoms. The summed E-state index contributed by atoms with van der Waals surface area (Å²) in [6, 6.07) is 12.0. The van der Waals surface area contributed by atoms with Crippen molar-refractivity contribution in [2.45, 2.75) is 6.61 Å². The van der Waals surface area contributed by atoms with E-state index >= 15 is 0 Å². The molecule has 2 rings (SSSR count). The molecular weight excluding hydrogens is 280 g/mol. The molecule has 2 aromatic carbocycles. The summed E-state index contributed by atoms with van der Waals surface area (Å²) in [4.78, 5) is 11.0. The average Bonchev–Trinajstić information content (AvgIpc) is 2.46. The molecule has 0 heterocycles. The number of carboxylic acids is 1. The van der Waals surface area contributed by atoms with Gasteiger partial charge in [-0.3, -0.25) is 0 Å². The molecule has 0 amide bonds. The minimum Gasteiger partial charge on any atom is -0.493 e. The van der Waals surface area contributed by atoms with Gasteiger partial charge >= 0.3 is 5.97 Å². The first-order valence-electron chi connectivity index (χ1n) is 5.89. The number of methoxy groups -OCH3 is 1. The van der Waals surface area contributed by atoms with Crippen molar-refractivity contribution in [2.75, 3.05) is 7.11 Å². The lowest BCUT2D eigenvalue weighted by Gasteiger charge is -2.11. The van der Waals surface area contributed by atoms with Gasteiger partial charge in [-0.2, -0.15) is 0 Å². The smallest absolute Gasteiger partial charge is 0.337 e. The Kier molecular flexibility index (Phi) is 4.48. The van der Waals surface area contributed by atoms with E-state index in [2.05, 4.69) is 0 Å². The Labute approximate surface area is 121 Å². The number of benzene rings is 2. The molecule has 104 valence electrons. The van der Waals surface area contributed by atoms with Crippen LogP contribution in [0.3, 0.4) is 0 Å². The lowest BCUT2D eigenvalue weighted by molar-refractivity contribution is 0.0697. The van der Waals surface area contributed by atoms with E-state index in [1.54, 1.807) is 31.4 Å². The Morgan fingerprint density at radius 1 is 1.20 bits per heavy atom. The lowest BCUT2D eigenvalue weighted by Crippen LogP contribution is -2.02. The summed E-state index contributed by atoms with van der Waals surface area (Å²) in [6.45, 7) is 0.234. The Hall–Kier alpha value is -2.20. The van der Waals surface area contributed by atoms with E-state index in [4.69, 9.17) is 26.2 Å². The summed E-state index contributed by atoms with van der Waals surface area (Å²) in [5.74, 6) is 0.163. The Balaban J connectivity index is 2.15. The van der Waals surface area contributed by atoms with E-state index in [1.165, 1.54) is 6.07 Å². The van der Waals surface area contributed by atoms with Crippen LogP contribution in [0.15, 0.2) is 42.5 Å². The zero-order valence-corrected chi connectivity index (χ0v) is 11.6. The number of rotatable bonds is 5. The van der Waals surface area contributed by atoms with Crippen molar-refractivity contribution in [3.8, 4) is 11.5 Å². The van der Waals surface area contributed by atoms with E-state index in [9.17, 15) is 4.79 Å². The molecule has 0 unspecified atom stereocenters. The van der Waals surface area contributed by atoms with Gasteiger partial charge in [0.2, 0.25) is 0 Å². The zero-order chi connectivity index (χ0) is 14.5. The Morgan fingerprint density at radius 3 is 2.55 bits per heavy atom. The topological polar surface area (TPSA) is 55.8 Å². The van der Waals surface area contributed by atoms with Gasteiger partial charge in [-0.15, -0.1) is 0 Å². The molecule has 0 atom stereocenters. The van der Waals surface area contributed by atoms with Crippen LogP contribution in [0.25, 0.3) is 0 Å². The average molecular weight is 293 g/mol. The molecule has 2 aromatic rings. The fourth-order valence-electron chi connectivity index (χ4n) is 1.73. The van der Waals surface area contributed by atoms with Gasteiger partial charge in [0.15, 0.2) is 11.5 Å². The number of carbonyl (C=O) groups is 1. The first-order valence-corrected chi connectivity index (χ1v) is 6.27. The van der Waals surface area contributed by atoms with Crippen LogP contribution in [0.1, 0.15) is 15.9 Å². The highest BCUT2D eigenvalue weighted by Gasteiger charge is 2.10. The summed E-state index contributed by atoms with van der Waals surface area (Å²) < 4.78 is 10.8. The van der Waals surface area contributed by atoms with Crippen molar-refractivity contribution in [3.63, 3.8) is 0 Å². The first-order chi connectivity index (χ1) is 9.61. The predicted octanol–water partition coefficient (Wildman–Crippen LogP) is 3.63. The van der Waals surface area contributed by atoms with Crippen LogP contribution in [-0.4, -0.2) is 18.2 Å². The van der Waals surface area contributed by atoms with Crippen LogP contribution in [0.4, 0.5) is 0 Å². The molecule has 0 radical (unpaired) electrons. The second-order valence-electron chi connectivity index (χ2n) is 4.06. The summed E-state index contributed by atoms with van der Waals surface area (Å²) in [6.07, 6.45) is 0. The van der Waals surface area contributed by atoms with Crippen molar-refractivity contribution < 1.29 is 19.4 Å². The van der Waals surface area contributed by atoms with Gasteiger partial charge in [0.1, 0.15) is 6.61 Å². The van der Waals surface area contributed by atoms with E-state index in [1.807, 2.05) is 12.1 Å². The van der Waals surface area contributed by atoms with Crippen LogP contribution in [0.2, 0.25) is 5.02 Å². The quantitative estimate of drug-likeness (QED) is 0.914. The predicted molar refractivity (Wildman–Crippen MR) is 75.7 cm³/mol. The molecule has 20 heavy (non-hydrogen) atoms. The highest BCUT2D eigenvalue weighted by Crippen LogP contribution is 2.27. The molecule has 4 nitrogen and oxygen atoms in total. The van der Waals surface area contributed by atoms with Gasteiger partial charge < -0.3 is 14.6 Å². The number of para-hydroxylation sites is 2. The van der Waals surface area contributed by atoms with Crippen LogP contribution in [-0.2, 0) is 6.61 Å². The monoisotopic (exact) mass is 292 g/mol. The third kappa shape index (κ3) is 3.22. The molecule has 0 fully saturated rings. The molecule has 0 aliphatic rings. The summed E-state index contributed by atoms with van der Waals surface area (Å²) in [5.41, 5.74) is 0.783. The first kappa shape index (κ1) is 14.2. The number of halogens is 1. The third-order valence-electron chi connectivity index (χ3n) is 2.72. The normalized spacial score (nSPS) is 10.1. The minimum absolute atomic E-state index is 0.0628. The highest BCUT2D eigenvalue weighted by atomic mass is 35.5. The molecule has 0 aliphatic heterocycles. The second kappa shape index (κ2) is 6.30. The highest BCUT2D eigenvalue weighted by molar-refractivity contribution is 6.33. The van der Waals surface area contributed by atoms with Gasteiger partial charge in [0.25, 0.3) is 0 Å². The van der Waals surface area contributed by atoms with Gasteiger partial charge in [-0.05, 0) is 29.8 Å². The zero-order valence-electron chi connectivity index (χ0n) is 10.8. The summed E-state index contributed by atoms with van der Waals surface area (Å²) in [7, 11) is 1.56. The number of hydrogen-bond acceptors (Lipinski definition) is 3. The molecular formula is C15H13ClO4. The molecule has 0 aliphatic carbocycles. The molecule has 5 heteroatoms. The molecule has 0 spiro atoms. The molecule has 0 saturated carbocycles. The largest absolute Gasteiger partial charge is 0.493 e. The van der Waals surface area contributed by atoms with Crippen LogP contribution < -0.4 is 9.47 Å². The van der Waals surface area contributed by atoms with Crippen molar-refractivity contribution >= 4 is 17.6 Å². The molecule has 0 aromatic heterocycles. The Bertz CT molecular complexity index is 625. The number of ether oxygens (including phenoxy) is 2. The van der Waals surface area contributed by atoms with Crippen LogP contribution >= 0.6 is 11.6 Å². The second-order valence-corrected chi connectivity index (χ2v) is 4.47. The van der Waals surface area contributed by atoms with E-state index in [0.717, 1.165) is 5.56 Å². The molecule has 0 saturated heterocycles. The standard InChI is InChI=1S/C15H13ClO4/c1-19-13-4-2-3-5-14(13)20-9-10-6-7-12(16)11(8-10)15(17)18/h2-8H,9H2,1H3,(H,17,18). The maximum atomic E-state index is 11.0. The SMILES string of the molecule is COc1ccccc1OCc1ccc(Cl)c(C(=O)O)c1. The van der Waals surface area contributed by atoms with E-state index in [-0.39, 0.29) is 17.2 Å². The molecule has 1 N–H and O–H groups in total. The number of aromatic carboxylic acids is 1. The Morgan fingerprint density at radius 2 is 1.90 bits per heavy atom. The van der Waals surface area contributed by atoms with Crippen molar-refractivity contribution in [1.82, 2.24) is 0 Å². The fourth-order valence-corrected chi connectivity index (χ4v) is 1.92. The van der Waals surface area contributed by atoms with Gasteiger partial charge in [0.05, 0.1) is 17.7 Å². The summed E-state index contributed by atoms with van der Waals surface area (Å²) in [5, 5.41) is 9.22. The van der Waals surface area contributed by atoms with Crippen molar-refractivity contribution in [3.05, 3.63) is 58.6 Å². The van der Waals surface area contributed by atoms with Gasteiger partial charge in [-0.25, -0.2) is 4.79 Å². The fraction of sp³-hybridized carbons (Fsp3) is 0.133. The lowest BCUT2D eigenvalue weighted by atomic mass is 10.1. The van der Waals surface area contributed by atoms with E-state index < -0.39 is 5.97 Å². The third-order valence-corrected chi connectivity index (χ3v) is 3.05. The summed E-state index contributed by atoms with van der Waals surface area (Å²) >= 11 is 5.81. The van der Waals surface area contributed by atoms with E-state index in [0.29, 0.717) is 11.5 Å². The number of carboxylic acid groups (broad SMARTS) is 1. The van der Waals surface area contributed by atoms with Gasteiger partial charge in [-0.1, -0.05) is 29.8 Å². The maximum Gasteiger partial charge on any atom is 0.337 e. The minimum atomic E-state index is -1.06. The maximum absolute atomic E-state index is 11.0. The van der Waals surface area contributed by atoms with Crippen molar-refractivity contribution in [2.24, 2.45) is 0 Å². The number of hydrogen-bond donors (Lipinski definition) is 1. The van der Waals surface area contributed by atoms with Gasteiger partial charge in [0, 0.05) is 0 Å².